The van der Waals surface area contributed by atoms with Crippen LogP contribution < -0.4 is 10.5 Å². The van der Waals surface area contributed by atoms with Gasteiger partial charge in [-0.25, -0.2) is 0 Å². The van der Waals surface area contributed by atoms with Crippen molar-refractivity contribution in [3.63, 3.8) is 0 Å². The highest BCUT2D eigenvalue weighted by atomic mass is 16.5. The first-order valence-electron chi connectivity index (χ1n) is 6.78. The molecule has 2 unspecified atom stereocenters. The molecule has 0 bridgehead atoms. The predicted octanol–water partition coefficient (Wildman–Crippen LogP) is 1.58. The van der Waals surface area contributed by atoms with Gasteiger partial charge in [-0.3, -0.25) is 4.79 Å². The minimum absolute atomic E-state index is 0.185. The van der Waals surface area contributed by atoms with Crippen LogP contribution in [-0.4, -0.2) is 36.5 Å². The minimum atomic E-state index is 0.185. The molecule has 1 aliphatic heterocycles. The first-order valence-corrected chi connectivity index (χ1v) is 6.78. The van der Waals surface area contributed by atoms with Crippen LogP contribution in [0.2, 0.25) is 0 Å². The van der Waals surface area contributed by atoms with E-state index < -0.39 is 0 Å². The zero-order chi connectivity index (χ0) is 13.8. The van der Waals surface area contributed by atoms with Crippen LogP contribution >= 0.6 is 0 Å². The molecule has 0 radical (unpaired) electrons. The number of hydrogen-bond donors (Lipinski definition) is 1. The molecule has 19 heavy (non-hydrogen) atoms. The predicted molar refractivity (Wildman–Crippen MR) is 75.1 cm³/mol. The molecule has 1 saturated heterocycles. The number of rotatable bonds is 3. The Balaban J connectivity index is 1.96. The molecule has 2 atom stereocenters. The molecule has 1 heterocycles. The van der Waals surface area contributed by atoms with Crippen molar-refractivity contribution in [3.8, 4) is 5.75 Å². The lowest BCUT2D eigenvalue weighted by Crippen LogP contribution is -2.48. The zero-order valence-electron chi connectivity index (χ0n) is 11.6. The number of piperidine rings is 1. The Morgan fingerprint density at radius 3 is 2.68 bits per heavy atom. The lowest BCUT2D eigenvalue weighted by Gasteiger charge is -2.36. The number of hydrogen-bond acceptors (Lipinski definition) is 3. The molecular weight excluding hydrogens is 240 g/mol. The fourth-order valence-electron chi connectivity index (χ4n) is 2.60. The van der Waals surface area contributed by atoms with Crippen LogP contribution in [0, 0.1) is 0 Å². The monoisotopic (exact) mass is 262 g/mol. The molecule has 4 heteroatoms. The third-order valence-electron chi connectivity index (χ3n) is 3.75. The molecule has 2 N–H and O–H groups in total. The Kier molecular flexibility index (Phi) is 4.43. The van der Waals surface area contributed by atoms with Gasteiger partial charge in [0.25, 0.3) is 0 Å². The van der Waals surface area contributed by atoms with Crippen molar-refractivity contribution in [1.29, 1.82) is 0 Å². The highest BCUT2D eigenvalue weighted by Crippen LogP contribution is 2.18. The molecule has 0 aromatic heterocycles. The molecule has 0 aliphatic carbocycles. The number of carbonyl (C=O) groups is 1. The third kappa shape index (κ3) is 3.47. The fourth-order valence-corrected chi connectivity index (χ4v) is 2.60. The van der Waals surface area contributed by atoms with Crippen LogP contribution in [0.15, 0.2) is 24.3 Å². The van der Waals surface area contributed by atoms with E-state index in [-0.39, 0.29) is 18.0 Å². The summed E-state index contributed by atoms with van der Waals surface area (Å²) in [5.41, 5.74) is 6.94. The molecule has 1 amide bonds. The Morgan fingerprint density at radius 2 is 2.11 bits per heavy atom. The molecule has 1 aromatic carbocycles. The summed E-state index contributed by atoms with van der Waals surface area (Å²) >= 11 is 0. The molecule has 0 saturated carbocycles. The average Bonchev–Trinajstić information content (AvgIpc) is 2.39. The zero-order valence-corrected chi connectivity index (χ0v) is 11.6. The van der Waals surface area contributed by atoms with Crippen molar-refractivity contribution in [2.75, 3.05) is 13.7 Å². The number of carbonyl (C=O) groups excluding carboxylic acids is 1. The number of methoxy groups -OCH3 is 1. The second-order valence-electron chi connectivity index (χ2n) is 5.25. The van der Waals surface area contributed by atoms with E-state index in [0.717, 1.165) is 30.7 Å². The van der Waals surface area contributed by atoms with Crippen LogP contribution in [0.1, 0.15) is 25.3 Å². The summed E-state index contributed by atoms with van der Waals surface area (Å²) in [6.07, 6.45) is 2.25. The van der Waals surface area contributed by atoms with Gasteiger partial charge < -0.3 is 15.4 Å². The molecular formula is C15H22N2O2. The van der Waals surface area contributed by atoms with Crippen molar-refractivity contribution >= 4 is 5.91 Å². The standard InChI is InChI=1S/C15H22N2O2/c1-11-9-13(16)7-8-17(11)15(18)10-12-3-5-14(19-2)6-4-12/h3-6,11,13H,7-10,16H2,1-2H3. The van der Waals surface area contributed by atoms with Gasteiger partial charge in [0, 0.05) is 18.6 Å². The van der Waals surface area contributed by atoms with E-state index in [0.29, 0.717) is 6.42 Å². The van der Waals surface area contributed by atoms with E-state index >= 15 is 0 Å². The topological polar surface area (TPSA) is 55.6 Å². The van der Waals surface area contributed by atoms with Gasteiger partial charge in [-0.05, 0) is 37.5 Å². The van der Waals surface area contributed by atoms with E-state index in [1.807, 2.05) is 29.2 Å². The van der Waals surface area contributed by atoms with Crippen LogP contribution in [0.3, 0.4) is 0 Å². The lowest BCUT2D eigenvalue weighted by molar-refractivity contribution is -0.133. The van der Waals surface area contributed by atoms with Gasteiger partial charge in [-0.2, -0.15) is 0 Å². The molecule has 4 nitrogen and oxygen atoms in total. The summed E-state index contributed by atoms with van der Waals surface area (Å²) in [4.78, 5) is 14.2. The summed E-state index contributed by atoms with van der Waals surface area (Å²) in [7, 11) is 1.64. The van der Waals surface area contributed by atoms with Crippen molar-refractivity contribution in [3.05, 3.63) is 29.8 Å². The Morgan fingerprint density at radius 1 is 1.42 bits per heavy atom. The second kappa shape index (κ2) is 6.06. The maximum absolute atomic E-state index is 12.3. The van der Waals surface area contributed by atoms with Crippen LogP contribution in [0.4, 0.5) is 0 Å². The maximum Gasteiger partial charge on any atom is 0.227 e. The van der Waals surface area contributed by atoms with E-state index in [1.165, 1.54) is 0 Å². The Labute approximate surface area is 114 Å². The lowest BCUT2D eigenvalue weighted by atomic mass is 9.98. The number of benzene rings is 1. The van der Waals surface area contributed by atoms with Crippen molar-refractivity contribution < 1.29 is 9.53 Å². The highest BCUT2D eigenvalue weighted by Gasteiger charge is 2.26. The second-order valence-corrected chi connectivity index (χ2v) is 5.25. The highest BCUT2D eigenvalue weighted by molar-refractivity contribution is 5.79. The number of amides is 1. The summed E-state index contributed by atoms with van der Waals surface area (Å²) in [5.74, 6) is 0.998. The van der Waals surface area contributed by atoms with Gasteiger partial charge in [0.1, 0.15) is 5.75 Å². The largest absolute Gasteiger partial charge is 0.497 e. The summed E-state index contributed by atoms with van der Waals surface area (Å²) in [6.45, 7) is 2.85. The number of nitrogens with two attached hydrogens (primary N) is 1. The molecule has 104 valence electrons. The summed E-state index contributed by atoms with van der Waals surface area (Å²) in [5, 5.41) is 0. The van der Waals surface area contributed by atoms with Gasteiger partial charge >= 0.3 is 0 Å². The maximum atomic E-state index is 12.3. The van der Waals surface area contributed by atoms with E-state index in [2.05, 4.69) is 6.92 Å². The fraction of sp³-hybridized carbons (Fsp3) is 0.533. The van der Waals surface area contributed by atoms with Crippen LogP contribution in [0.25, 0.3) is 0 Å². The smallest absolute Gasteiger partial charge is 0.227 e. The normalized spacial score (nSPS) is 23.2. The van der Waals surface area contributed by atoms with Crippen molar-refractivity contribution in [2.45, 2.75) is 38.3 Å². The van der Waals surface area contributed by atoms with Gasteiger partial charge in [0.15, 0.2) is 0 Å². The molecule has 1 fully saturated rings. The number of likely N-dealkylation sites (tertiary alicyclic amines) is 1. The average molecular weight is 262 g/mol. The molecule has 1 aliphatic rings. The Bertz CT molecular complexity index is 430. The number of ether oxygens (including phenoxy) is 1. The SMILES string of the molecule is COc1ccc(CC(=O)N2CCC(N)CC2C)cc1. The molecule has 1 aromatic rings. The molecule has 2 rings (SSSR count). The first kappa shape index (κ1) is 13.9. The molecule has 0 spiro atoms. The number of nitrogens with zero attached hydrogens (tertiary/aromatic N) is 1. The minimum Gasteiger partial charge on any atom is -0.497 e. The van der Waals surface area contributed by atoms with Gasteiger partial charge in [-0.1, -0.05) is 12.1 Å². The van der Waals surface area contributed by atoms with E-state index in [9.17, 15) is 4.79 Å². The van der Waals surface area contributed by atoms with Crippen molar-refractivity contribution in [1.82, 2.24) is 4.90 Å². The summed E-state index contributed by atoms with van der Waals surface area (Å²) in [6, 6.07) is 8.14. The third-order valence-corrected chi connectivity index (χ3v) is 3.75. The summed E-state index contributed by atoms with van der Waals surface area (Å²) < 4.78 is 5.11. The van der Waals surface area contributed by atoms with E-state index in [4.69, 9.17) is 10.5 Å². The van der Waals surface area contributed by atoms with E-state index in [1.54, 1.807) is 7.11 Å². The van der Waals surface area contributed by atoms with Gasteiger partial charge in [-0.15, -0.1) is 0 Å². The Hall–Kier alpha value is -1.55. The first-order chi connectivity index (χ1) is 9.10. The quantitative estimate of drug-likeness (QED) is 0.899. The van der Waals surface area contributed by atoms with Crippen molar-refractivity contribution in [2.24, 2.45) is 5.73 Å². The van der Waals surface area contributed by atoms with Crippen LogP contribution in [-0.2, 0) is 11.2 Å². The van der Waals surface area contributed by atoms with Crippen LogP contribution in [0.5, 0.6) is 5.75 Å². The van der Waals surface area contributed by atoms with Gasteiger partial charge in [0.05, 0.1) is 13.5 Å². The van der Waals surface area contributed by atoms with Gasteiger partial charge in [0.2, 0.25) is 5.91 Å².